The predicted octanol–water partition coefficient (Wildman–Crippen LogP) is 0.467. The van der Waals surface area contributed by atoms with Gasteiger partial charge in [-0.3, -0.25) is 0 Å². The number of aliphatic hydroxyl groups excluding tert-OH is 1. The Morgan fingerprint density at radius 2 is 2.00 bits per heavy atom. The molecule has 1 unspecified atom stereocenters. The van der Waals surface area contributed by atoms with E-state index in [2.05, 4.69) is 10.6 Å². The molecule has 4 nitrogen and oxygen atoms in total. The Hall–Kier alpha value is -0.770. The van der Waals surface area contributed by atoms with Crippen LogP contribution in [0.4, 0.5) is 4.79 Å². The summed E-state index contributed by atoms with van der Waals surface area (Å²) in [5.41, 5.74) is 0. The molecule has 0 aliphatic rings. The van der Waals surface area contributed by atoms with Crippen LogP contribution < -0.4 is 10.6 Å². The van der Waals surface area contributed by atoms with E-state index in [1.165, 1.54) is 0 Å². The number of aliphatic hydroxyl groups is 1. The van der Waals surface area contributed by atoms with E-state index in [9.17, 15) is 4.79 Å². The van der Waals surface area contributed by atoms with Gasteiger partial charge in [0.2, 0.25) is 0 Å². The van der Waals surface area contributed by atoms with E-state index >= 15 is 0 Å². The van der Waals surface area contributed by atoms with E-state index in [4.69, 9.17) is 5.11 Å². The number of urea groups is 1. The Labute approximate surface area is 73.3 Å². The quantitative estimate of drug-likeness (QED) is 0.567. The second-order valence-electron chi connectivity index (χ2n) is 2.82. The van der Waals surface area contributed by atoms with Crippen LogP contribution in [-0.4, -0.2) is 30.3 Å². The van der Waals surface area contributed by atoms with E-state index in [1.54, 1.807) is 6.92 Å². The lowest BCUT2D eigenvalue weighted by atomic mass is 10.3. The second kappa shape index (κ2) is 6.91. The maximum atomic E-state index is 10.9. The molecule has 0 aromatic rings. The topological polar surface area (TPSA) is 61.4 Å². The van der Waals surface area contributed by atoms with Crippen molar-refractivity contribution in [1.29, 1.82) is 0 Å². The molecule has 0 spiro atoms. The molecule has 0 saturated heterocycles. The van der Waals surface area contributed by atoms with Gasteiger partial charge >= 0.3 is 6.03 Å². The molecule has 0 bridgehead atoms. The summed E-state index contributed by atoms with van der Waals surface area (Å²) in [5.74, 6) is 0. The maximum absolute atomic E-state index is 10.9. The first-order valence-electron chi connectivity index (χ1n) is 4.36. The van der Waals surface area contributed by atoms with Crippen molar-refractivity contribution in [2.24, 2.45) is 0 Å². The standard InChI is InChI=1S/C8H18N2O2/c1-3-5-9-8(12)10-6-4-7(2)11/h7,11H,3-6H2,1-2H3,(H2,9,10,12). The molecule has 0 heterocycles. The van der Waals surface area contributed by atoms with E-state index in [0.29, 0.717) is 19.5 Å². The number of carbonyl (C=O) groups excluding carboxylic acids is 1. The maximum Gasteiger partial charge on any atom is 0.314 e. The number of nitrogens with one attached hydrogen (secondary N) is 2. The van der Waals surface area contributed by atoms with Gasteiger partial charge in [0.15, 0.2) is 0 Å². The van der Waals surface area contributed by atoms with Gasteiger partial charge in [0, 0.05) is 13.1 Å². The zero-order valence-corrected chi connectivity index (χ0v) is 7.76. The van der Waals surface area contributed by atoms with Crippen molar-refractivity contribution in [1.82, 2.24) is 10.6 Å². The van der Waals surface area contributed by atoms with E-state index in [0.717, 1.165) is 6.42 Å². The molecule has 72 valence electrons. The summed E-state index contributed by atoms with van der Waals surface area (Å²) in [6, 6.07) is -0.155. The van der Waals surface area contributed by atoms with Crippen LogP contribution in [0.2, 0.25) is 0 Å². The molecule has 3 N–H and O–H groups in total. The molecule has 0 aliphatic carbocycles. The Morgan fingerprint density at radius 3 is 2.50 bits per heavy atom. The van der Waals surface area contributed by atoms with Crippen LogP contribution in [0.15, 0.2) is 0 Å². The summed E-state index contributed by atoms with van der Waals surface area (Å²) >= 11 is 0. The number of hydrogen-bond acceptors (Lipinski definition) is 2. The average Bonchev–Trinajstić information content (AvgIpc) is 2.00. The predicted molar refractivity (Wildman–Crippen MR) is 48.0 cm³/mol. The van der Waals surface area contributed by atoms with Crippen LogP contribution >= 0.6 is 0 Å². The molecular weight excluding hydrogens is 156 g/mol. The molecule has 0 fully saturated rings. The highest BCUT2D eigenvalue weighted by Gasteiger charge is 1.98. The normalized spacial score (nSPS) is 12.2. The molecule has 4 heteroatoms. The largest absolute Gasteiger partial charge is 0.393 e. The molecule has 1 atom stereocenters. The highest BCUT2D eigenvalue weighted by Crippen LogP contribution is 1.85. The highest BCUT2D eigenvalue weighted by molar-refractivity contribution is 5.73. The van der Waals surface area contributed by atoms with Crippen LogP contribution in [0.1, 0.15) is 26.7 Å². The van der Waals surface area contributed by atoms with Gasteiger partial charge in [0.1, 0.15) is 0 Å². The van der Waals surface area contributed by atoms with E-state index < -0.39 is 0 Å². The molecule has 0 aromatic carbocycles. The van der Waals surface area contributed by atoms with Crippen molar-refractivity contribution in [3.05, 3.63) is 0 Å². The molecule has 2 amide bonds. The minimum absolute atomic E-state index is 0.155. The number of hydrogen-bond donors (Lipinski definition) is 3. The van der Waals surface area contributed by atoms with Crippen molar-refractivity contribution in [2.75, 3.05) is 13.1 Å². The van der Waals surface area contributed by atoms with Crippen molar-refractivity contribution in [3.63, 3.8) is 0 Å². The zero-order valence-electron chi connectivity index (χ0n) is 7.76. The number of carbonyl (C=O) groups is 1. The highest BCUT2D eigenvalue weighted by atomic mass is 16.3. The monoisotopic (exact) mass is 174 g/mol. The molecule has 0 rings (SSSR count). The van der Waals surface area contributed by atoms with E-state index in [1.807, 2.05) is 6.92 Å². The minimum Gasteiger partial charge on any atom is -0.393 e. The number of rotatable bonds is 5. The summed E-state index contributed by atoms with van der Waals surface area (Å²) in [5, 5.41) is 14.2. The van der Waals surface area contributed by atoms with Crippen molar-refractivity contribution >= 4 is 6.03 Å². The third-order valence-electron chi connectivity index (χ3n) is 1.38. The molecule has 0 aromatic heterocycles. The van der Waals surface area contributed by atoms with Crippen molar-refractivity contribution in [3.8, 4) is 0 Å². The van der Waals surface area contributed by atoms with Crippen molar-refractivity contribution < 1.29 is 9.90 Å². The van der Waals surface area contributed by atoms with Crippen LogP contribution in [-0.2, 0) is 0 Å². The van der Waals surface area contributed by atoms with Crippen LogP contribution in [0, 0.1) is 0 Å². The lowest BCUT2D eigenvalue weighted by Crippen LogP contribution is -2.37. The fourth-order valence-electron chi connectivity index (χ4n) is 0.696. The Balaban J connectivity index is 3.20. The van der Waals surface area contributed by atoms with Gasteiger partial charge < -0.3 is 15.7 Å². The lowest BCUT2D eigenvalue weighted by molar-refractivity contribution is 0.183. The average molecular weight is 174 g/mol. The molecular formula is C8H18N2O2. The minimum atomic E-state index is -0.350. The summed E-state index contributed by atoms with van der Waals surface area (Å²) in [6.07, 6.45) is 1.18. The van der Waals surface area contributed by atoms with Gasteiger partial charge in [-0.05, 0) is 19.8 Å². The number of amides is 2. The summed E-state index contributed by atoms with van der Waals surface area (Å²) < 4.78 is 0. The molecule has 0 aliphatic heterocycles. The van der Waals surface area contributed by atoms with Gasteiger partial charge in [0.25, 0.3) is 0 Å². The fourth-order valence-corrected chi connectivity index (χ4v) is 0.696. The Bertz CT molecular complexity index is 126. The van der Waals surface area contributed by atoms with Gasteiger partial charge in [0.05, 0.1) is 6.10 Å². The van der Waals surface area contributed by atoms with Gasteiger partial charge in [-0.25, -0.2) is 4.79 Å². The lowest BCUT2D eigenvalue weighted by Gasteiger charge is -2.07. The van der Waals surface area contributed by atoms with Crippen LogP contribution in [0.5, 0.6) is 0 Å². The van der Waals surface area contributed by atoms with Gasteiger partial charge in [-0.1, -0.05) is 6.92 Å². The van der Waals surface area contributed by atoms with Gasteiger partial charge in [-0.15, -0.1) is 0 Å². The second-order valence-corrected chi connectivity index (χ2v) is 2.82. The molecule has 0 radical (unpaired) electrons. The summed E-state index contributed by atoms with van der Waals surface area (Å²) in [7, 11) is 0. The Morgan fingerprint density at radius 1 is 1.42 bits per heavy atom. The van der Waals surface area contributed by atoms with Gasteiger partial charge in [-0.2, -0.15) is 0 Å². The first-order chi connectivity index (χ1) is 5.66. The zero-order chi connectivity index (χ0) is 9.40. The third-order valence-corrected chi connectivity index (χ3v) is 1.38. The Kier molecular flexibility index (Phi) is 6.47. The smallest absolute Gasteiger partial charge is 0.314 e. The molecule has 12 heavy (non-hydrogen) atoms. The summed E-state index contributed by atoms with van der Waals surface area (Å²) in [6.45, 7) is 4.91. The van der Waals surface area contributed by atoms with Crippen LogP contribution in [0.3, 0.4) is 0 Å². The fraction of sp³-hybridized carbons (Fsp3) is 0.875. The molecule has 0 saturated carbocycles. The third kappa shape index (κ3) is 7.34. The first-order valence-corrected chi connectivity index (χ1v) is 4.36. The van der Waals surface area contributed by atoms with Crippen LogP contribution in [0.25, 0.3) is 0 Å². The van der Waals surface area contributed by atoms with Crippen molar-refractivity contribution in [2.45, 2.75) is 32.8 Å². The first kappa shape index (κ1) is 11.2. The summed E-state index contributed by atoms with van der Waals surface area (Å²) in [4.78, 5) is 10.9. The SMILES string of the molecule is CCCNC(=O)NCCC(C)O. The van der Waals surface area contributed by atoms with E-state index in [-0.39, 0.29) is 12.1 Å².